The van der Waals surface area contributed by atoms with E-state index in [1.54, 1.807) is 11.3 Å². The Balaban J connectivity index is 1.70. The van der Waals surface area contributed by atoms with Crippen molar-refractivity contribution in [3.63, 3.8) is 0 Å². The first-order chi connectivity index (χ1) is 8.29. The highest BCUT2D eigenvalue weighted by molar-refractivity contribution is 7.09. The highest BCUT2D eigenvalue weighted by Gasteiger charge is 2.26. The number of aryl methyl sites for hydroxylation is 1. The summed E-state index contributed by atoms with van der Waals surface area (Å²) in [5.74, 6) is 0.578. The third-order valence-corrected chi connectivity index (χ3v) is 3.87. The lowest BCUT2D eigenvalue weighted by atomic mass is 10.0. The van der Waals surface area contributed by atoms with Gasteiger partial charge in [0.1, 0.15) is 0 Å². The van der Waals surface area contributed by atoms with Crippen LogP contribution in [0.1, 0.15) is 17.6 Å². The number of aromatic nitrogens is 1. The second kappa shape index (κ2) is 6.44. The Labute approximate surface area is 107 Å². The van der Waals surface area contributed by atoms with Crippen LogP contribution in [0.4, 0.5) is 0 Å². The molecule has 17 heavy (non-hydrogen) atoms. The first kappa shape index (κ1) is 13.0. The summed E-state index contributed by atoms with van der Waals surface area (Å²) in [6, 6.07) is 0.504. The molecule has 0 aromatic carbocycles. The van der Waals surface area contributed by atoms with Gasteiger partial charge in [0.05, 0.1) is 23.9 Å². The lowest BCUT2D eigenvalue weighted by Gasteiger charge is -2.18. The first-order valence-electron chi connectivity index (χ1n) is 6.22. The molecule has 1 aliphatic heterocycles. The Bertz CT molecular complexity index is 342. The van der Waals surface area contributed by atoms with Crippen molar-refractivity contribution in [2.45, 2.75) is 26.4 Å². The molecule has 2 heterocycles. The molecule has 1 aromatic heterocycles. The van der Waals surface area contributed by atoms with Gasteiger partial charge in [0.15, 0.2) is 0 Å². The molecule has 0 amide bonds. The van der Waals surface area contributed by atoms with Crippen LogP contribution in [0.5, 0.6) is 0 Å². The topological polar surface area (TPSA) is 46.2 Å². The fourth-order valence-corrected chi connectivity index (χ4v) is 2.78. The smallest absolute Gasteiger partial charge is 0.0897 e. The van der Waals surface area contributed by atoms with E-state index in [1.807, 2.05) is 6.92 Å². The minimum absolute atomic E-state index is 0.504. The van der Waals surface area contributed by atoms with Crippen molar-refractivity contribution in [1.29, 1.82) is 0 Å². The van der Waals surface area contributed by atoms with Gasteiger partial charge in [-0.2, -0.15) is 0 Å². The van der Waals surface area contributed by atoms with Crippen LogP contribution in [0.3, 0.4) is 0 Å². The Morgan fingerprint density at radius 2 is 2.41 bits per heavy atom. The molecule has 2 unspecified atom stereocenters. The molecule has 0 saturated carbocycles. The number of rotatable bonds is 6. The third kappa shape index (κ3) is 3.74. The van der Waals surface area contributed by atoms with Gasteiger partial charge < -0.3 is 15.4 Å². The number of likely N-dealkylation sites (N-methyl/N-ethyl adjacent to an activating group) is 1. The van der Waals surface area contributed by atoms with Crippen LogP contribution < -0.4 is 10.6 Å². The van der Waals surface area contributed by atoms with E-state index in [0.29, 0.717) is 12.0 Å². The molecule has 2 rings (SSSR count). The van der Waals surface area contributed by atoms with Gasteiger partial charge in [0.25, 0.3) is 0 Å². The monoisotopic (exact) mass is 255 g/mol. The van der Waals surface area contributed by atoms with E-state index in [4.69, 9.17) is 4.74 Å². The number of nitrogens with zero attached hydrogens (tertiary/aromatic N) is 1. The molecule has 5 heteroatoms. The molecule has 1 aliphatic rings. The molecule has 0 spiro atoms. The van der Waals surface area contributed by atoms with Gasteiger partial charge in [-0.3, -0.25) is 0 Å². The Hall–Kier alpha value is -0.490. The van der Waals surface area contributed by atoms with Crippen LogP contribution in [-0.4, -0.2) is 37.3 Å². The van der Waals surface area contributed by atoms with Crippen LogP contribution in [0.15, 0.2) is 5.38 Å². The van der Waals surface area contributed by atoms with E-state index in [1.165, 1.54) is 0 Å². The molecule has 4 nitrogen and oxygen atoms in total. The summed E-state index contributed by atoms with van der Waals surface area (Å²) >= 11 is 1.71. The summed E-state index contributed by atoms with van der Waals surface area (Å²) in [5.41, 5.74) is 1.14. The molecule has 1 aromatic rings. The van der Waals surface area contributed by atoms with Crippen LogP contribution >= 0.6 is 11.3 Å². The fraction of sp³-hybridized carbons (Fsp3) is 0.750. The Morgan fingerprint density at radius 1 is 1.53 bits per heavy atom. The molecule has 2 atom stereocenters. The van der Waals surface area contributed by atoms with Crippen molar-refractivity contribution >= 4 is 11.3 Å². The van der Waals surface area contributed by atoms with Crippen LogP contribution in [0, 0.1) is 12.8 Å². The van der Waals surface area contributed by atoms with Crippen molar-refractivity contribution in [2.24, 2.45) is 5.92 Å². The van der Waals surface area contributed by atoms with Gasteiger partial charge in [0, 0.05) is 30.4 Å². The maximum Gasteiger partial charge on any atom is 0.0897 e. The second-order valence-corrected chi connectivity index (χ2v) is 5.51. The van der Waals surface area contributed by atoms with Crippen LogP contribution in [0.2, 0.25) is 0 Å². The zero-order chi connectivity index (χ0) is 12.1. The van der Waals surface area contributed by atoms with Crippen LogP contribution in [0.25, 0.3) is 0 Å². The number of nitrogens with one attached hydrogen (secondary N) is 2. The molecular weight excluding hydrogens is 234 g/mol. The molecule has 2 N–H and O–H groups in total. The summed E-state index contributed by atoms with van der Waals surface area (Å²) in [7, 11) is 0. The highest BCUT2D eigenvalue weighted by atomic mass is 32.1. The van der Waals surface area contributed by atoms with E-state index in [-0.39, 0.29) is 0 Å². The predicted molar refractivity (Wildman–Crippen MR) is 70.3 cm³/mol. The Kier molecular flexibility index (Phi) is 4.91. The Morgan fingerprint density at radius 3 is 3.12 bits per heavy atom. The number of ether oxygens (including phenoxy) is 1. The molecular formula is C12H21N3OS. The maximum absolute atomic E-state index is 5.51. The third-order valence-electron chi connectivity index (χ3n) is 3.04. The average Bonchev–Trinajstić information content (AvgIpc) is 2.90. The normalized spacial score (nSPS) is 24.4. The van der Waals surface area contributed by atoms with Crippen LogP contribution in [-0.2, 0) is 11.3 Å². The summed E-state index contributed by atoms with van der Waals surface area (Å²) < 4.78 is 5.51. The molecule has 1 fully saturated rings. The maximum atomic E-state index is 5.51. The van der Waals surface area contributed by atoms with E-state index < -0.39 is 0 Å². The fourth-order valence-electron chi connectivity index (χ4n) is 2.16. The molecule has 1 saturated heterocycles. The van der Waals surface area contributed by atoms with Crippen molar-refractivity contribution in [3.05, 3.63) is 16.1 Å². The average molecular weight is 255 g/mol. The lowest BCUT2D eigenvalue weighted by molar-refractivity contribution is 0.182. The molecule has 96 valence electrons. The first-order valence-corrected chi connectivity index (χ1v) is 7.10. The van der Waals surface area contributed by atoms with Gasteiger partial charge in [0.2, 0.25) is 0 Å². The second-order valence-electron chi connectivity index (χ2n) is 4.45. The summed E-state index contributed by atoms with van der Waals surface area (Å²) in [6.45, 7) is 8.75. The summed E-state index contributed by atoms with van der Waals surface area (Å²) in [5, 5.41) is 10.2. The summed E-state index contributed by atoms with van der Waals surface area (Å²) in [4.78, 5) is 4.44. The number of thiazole rings is 1. The zero-order valence-corrected chi connectivity index (χ0v) is 11.3. The van der Waals surface area contributed by atoms with Crippen molar-refractivity contribution < 1.29 is 4.74 Å². The minimum atomic E-state index is 0.504. The quantitative estimate of drug-likeness (QED) is 0.801. The number of hydrogen-bond acceptors (Lipinski definition) is 5. The van der Waals surface area contributed by atoms with E-state index >= 15 is 0 Å². The SMILES string of the molecule is CCNC1COCC1CNCc1csc(C)n1. The zero-order valence-electron chi connectivity index (χ0n) is 10.5. The van der Waals surface area contributed by atoms with E-state index in [2.05, 4.69) is 27.9 Å². The molecule has 0 aliphatic carbocycles. The molecule has 0 bridgehead atoms. The van der Waals surface area contributed by atoms with Gasteiger partial charge in [-0.05, 0) is 13.5 Å². The molecule has 0 radical (unpaired) electrons. The van der Waals surface area contributed by atoms with Crippen molar-refractivity contribution in [1.82, 2.24) is 15.6 Å². The van der Waals surface area contributed by atoms with Gasteiger partial charge >= 0.3 is 0 Å². The highest BCUT2D eigenvalue weighted by Crippen LogP contribution is 2.13. The van der Waals surface area contributed by atoms with Crippen molar-refractivity contribution in [3.8, 4) is 0 Å². The largest absolute Gasteiger partial charge is 0.379 e. The van der Waals surface area contributed by atoms with Gasteiger partial charge in [-0.15, -0.1) is 11.3 Å². The lowest BCUT2D eigenvalue weighted by Crippen LogP contribution is -2.40. The van der Waals surface area contributed by atoms with Crippen molar-refractivity contribution in [2.75, 3.05) is 26.3 Å². The van der Waals surface area contributed by atoms with E-state index in [9.17, 15) is 0 Å². The standard InChI is InChI=1S/C12H21N3OS/c1-3-14-12-7-16-6-10(12)4-13-5-11-8-17-9(2)15-11/h8,10,12-14H,3-7H2,1-2H3. The summed E-state index contributed by atoms with van der Waals surface area (Å²) in [6.07, 6.45) is 0. The predicted octanol–water partition coefficient (Wildman–Crippen LogP) is 1.17. The van der Waals surface area contributed by atoms with Gasteiger partial charge in [-0.1, -0.05) is 6.92 Å². The number of hydrogen-bond donors (Lipinski definition) is 2. The minimum Gasteiger partial charge on any atom is -0.379 e. The van der Waals surface area contributed by atoms with Gasteiger partial charge in [-0.25, -0.2) is 4.98 Å². The van der Waals surface area contributed by atoms with E-state index in [0.717, 1.165) is 43.5 Å².